The first-order chi connectivity index (χ1) is 31.3. The number of nitrogens with zero attached hydrogens (tertiary/aromatic N) is 6. The number of benzene rings is 9. The molecule has 9 aromatic carbocycles. The molecule has 0 aliphatic carbocycles. The third-order valence-electron chi connectivity index (χ3n) is 12.2. The lowest BCUT2D eigenvalue weighted by Gasteiger charge is -2.14. The van der Waals surface area contributed by atoms with Crippen LogP contribution in [0.15, 0.2) is 218 Å². The van der Waals surface area contributed by atoms with E-state index in [4.69, 9.17) is 9.72 Å². The van der Waals surface area contributed by atoms with Crippen LogP contribution in [-0.4, -0.2) is 23.3 Å². The second kappa shape index (κ2) is 13.9. The molecule has 0 bridgehead atoms. The highest BCUT2D eigenvalue weighted by molar-refractivity contribution is 6.10. The topological polar surface area (TPSA) is 45.7 Å². The van der Waals surface area contributed by atoms with Crippen LogP contribution < -0.4 is 9.30 Å². The van der Waals surface area contributed by atoms with Gasteiger partial charge in [-0.1, -0.05) is 127 Å². The number of hydrogen-bond donors (Lipinski definition) is 0. The van der Waals surface area contributed by atoms with Gasteiger partial charge in [0.2, 0.25) is 5.95 Å². The zero-order chi connectivity index (χ0) is 41.4. The summed E-state index contributed by atoms with van der Waals surface area (Å²) in [6, 6.07) is 76.2. The molecule has 0 atom stereocenters. The van der Waals surface area contributed by atoms with Gasteiger partial charge in [0.15, 0.2) is 0 Å². The van der Waals surface area contributed by atoms with Crippen molar-refractivity contribution in [3.63, 3.8) is 0 Å². The molecule has 0 unspecified atom stereocenters. The number of hydrogen-bond acceptors (Lipinski definition) is 2. The van der Waals surface area contributed by atoms with E-state index in [1.54, 1.807) is 0 Å². The van der Waals surface area contributed by atoms with Crippen molar-refractivity contribution in [2.75, 3.05) is 0 Å². The molecule has 0 radical (unpaired) electrons. The molecule has 0 aliphatic heterocycles. The molecule has 4 heterocycles. The number of fused-ring (bicyclic) bond motifs is 8. The van der Waals surface area contributed by atoms with Crippen molar-refractivity contribution in [2.24, 2.45) is 0 Å². The van der Waals surface area contributed by atoms with Gasteiger partial charge in [0.1, 0.15) is 11.5 Å². The fourth-order valence-corrected chi connectivity index (χ4v) is 9.50. The summed E-state index contributed by atoms with van der Waals surface area (Å²) < 4.78 is 18.0. The third kappa shape index (κ3) is 5.46. The maximum absolute atomic E-state index is 6.78. The van der Waals surface area contributed by atoms with Crippen molar-refractivity contribution >= 4 is 65.7 Å². The smallest absolute Gasteiger partial charge is 0.269 e. The highest BCUT2D eigenvalue weighted by atomic mass is 16.5. The zero-order valence-electron chi connectivity index (χ0n) is 33.9. The largest absolute Gasteiger partial charge is 0.458 e. The Morgan fingerprint density at radius 1 is 0.397 bits per heavy atom. The monoisotopic (exact) mass is 808 g/mol. The second-order valence-electron chi connectivity index (χ2n) is 15.8. The average molecular weight is 809 g/mol. The van der Waals surface area contributed by atoms with Gasteiger partial charge in [0.05, 0.1) is 61.2 Å². The Morgan fingerprint density at radius 3 is 1.73 bits per heavy atom. The molecule has 7 heteroatoms. The quantitative estimate of drug-likeness (QED) is 0.119. The molecular formula is C56H36N6O. The maximum Gasteiger partial charge on any atom is 0.269 e. The third-order valence-corrected chi connectivity index (χ3v) is 12.2. The number of rotatable bonds is 7. The molecule has 0 fully saturated rings. The van der Waals surface area contributed by atoms with Gasteiger partial charge in [-0.3, -0.25) is 18.3 Å². The fourth-order valence-electron chi connectivity index (χ4n) is 9.50. The van der Waals surface area contributed by atoms with Gasteiger partial charge in [0.25, 0.3) is 6.33 Å². The van der Waals surface area contributed by atoms with Crippen LogP contribution in [0.4, 0.5) is 0 Å². The Labute approximate surface area is 361 Å². The lowest BCUT2D eigenvalue weighted by atomic mass is 10.1. The van der Waals surface area contributed by atoms with Crippen LogP contribution in [0.5, 0.6) is 11.5 Å². The highest BCUT2D eigenvalue weighted by Crippen LogP contribution is 2.38. The van der Waals surface area contributed by atoms with E-state index >= 15 is 0 Å². The van der Waals surface area contributed by atoms with Crippen molar-refractivity contribution in [3.8, 4) is 40.2 Å². The van der Waals surface area contributed by atoms with Crippen LogP contribution in [0.25, 0.3) is 94.4 Å². The van der Waals surface area contributed by atoms with Gasteiger partial charge >= 0.3 is 0 Å². The molecule has 0 N–H and O–H groups in total. The van der Waals surface area contributed by atoms with Gasteiger partial charge in [-0.15, -0.1) is 0 Å². The number of aromatic nitrogens is 6. The summed E-state index contributed by atoms with van der Waals surface area (Å²) in [5, 5.41) is 4.72. The Bertz CT molecular complexity index is 3850. The van der Waals surface area contributed by atoms with E-state index in [2.05, 4.69) is 223 Å². The van der Waals surface area contributed by atoms with Crippen LogP contribution in [0.3, 0.4) is 0 Å². The molecule has 0 saturated heterocycles. The van der Waals surface area contributed by atoms with E-state index in [1.807, 2.05) is 24.3 Å². The molecular weight excluding hydrogens is 773 g/mol. The lowest BCUT2D eigenvalue weighted by Crippen LogP contribution is -2.31. The van der Waals surface area contributed by atoms with Crippen molar-refractivity contribution in [1.29, 1.82) is 0 Å². The Morgan fingerprint density at radius 2 is 0.968 bits per heavy atom. The molecule has 13 aromatic rings. The first-order valence-electron chi connectivity index (χ1n) is 21.1. The van der Waals surface area contributed by atoms with Gasteiger partial charge in [-0.05, 0) is 84.9 Å². The normalized spacial score (nSPS) is 11.8. The van der Waals surface area contributed by atoms with Gasteiger partial charge < -0.3 is 9.30 Å². The Balaban J connectivity index is 0.928. The molecule has 0 aliphatic rings. The van der Waals surface area contributed by atoms with Crippen molar-refractivity contribution < 1.29 is 9.30 Å². The predicted molar refractivity (Wildman–Crippen MR) is 253 cm³/mol. The number of imidazole rings is 2. The average Bonchev–Trinajstić information content (AvgIpc) is 4.10. The first-order valence-corrected chi connectivity index (χ1v) is 21.1. The summed E-state index contributed by atoms with van der Waals surface area (Å²) in [4.78, 5) is 5.26. The Kier molecular flexibility index (Phi) is 7.77. The minimum atomic E-state index is 0.717. The zero-order valence-corrected chi connectivity index (χ0v) is 33.9. The summed E-state index contributed by atoms with van der Waals surface area (Å²) >= 11 is 0. The van der Waals surface area contributed by atoms with Crippen LogP contribution in [0.1, 0.15) is 0 Å². The van der Waals surface area contributed by atoms with Crippen molar-refractivity contribution in [2.45, 2.75) is 0 Å². The molecule has 7 nitrogen and oxygen atoms in total. The molecule has 0 spiro atoms. The van der Waals surface area contributed by atoms with E-state index < -0.39 is 0 Å². The minimum Gasteiger partial charge on any atom is -0.458 e. The fraction of sp³-hybridized carbons (Fsp3) is 0. The minimum absolute atomic E-state index is 0.717. The second-order valence-corrected chi connectivity index (χ2v) is 15.8. The number of ether oxygens (including phenoxy) is 1. The van der Waals surface area contributed by atoms with Crippen molar-refractivity contribution in [1.82, 2.24) is 23.3 Å². The highest BCUT2D eigenvalue weighted by Gasteiger charge is 2.22. The molecule has 63 heavy (non-hydrogen) atoms. The van der Waals surface area contributed by atoms with Crippen LogP contribution >= 0.6 is 0 Å². The lowest BCUT2D eigenvalue weighted by molar-refractivity contribution is -0.572. The summed E-state index contributed by atoms with van der Waals surface area (Å²) in [6.07, 6.45) is 3.76. The van der Waals surface area contributed by atoms with Gasteiger partial charge in [0, 0.05) is 33.3 Å². The van der Waals surface area contributed by atoms with E-state index in [0.29, 0.717) is 0 Å². The van der Waals surface area contributed by atoms with Gasteiger partial charge in [-0.25, -0.2) is 4.98 Å². The molecule has 0 amide bonds. The summed E-state index contributed by atoms with van der Waals surface area (Å²) in [5.74, 6) is 2.26. The summed E-state index contributed by atoms with van der Waals surface area (Å²) in [7, 11) is 0. The van der Waals surface area contributed by atoms with Crippen LogP contribution in [0.2, 0.25) is 0 Å². The molecule has 0 saturated carbocycles. The standard InChI is InChI=1S/C56H36N6O/c1-2-17-38(18-3-1)60-50-28-11-7-24-46(50)57-56(60)62-49-27-10-6-23-44(49)45-34-33-41(36-55(45)62)63-40-20-16-19-39(35-40)58-37-59(52-30-13-12-29-51(52)58)53-31-14-15-32-54(53)61-47-25-8-4-21-42(47)43-22-5-9-26-48(43)61/h1-36H. The van der Waals surface area contributed by atoms with E-state index in [-0.39, 0.29) is 0 Å². The molecule has 4 aromatic heterocycles. The van der Waals surface area contributed by atoms with Gasteiger partial charge in [-0.2, -0.15) is 0 Å². The number of para-hydroxylation sites is 10. The maximum atomic E-state index is 6.78. The molecule has 13 rings (SSSR count). The van der Waals surface area contributed by atoms with Crippen LogP contribution in [-0.2, 0) is 0 Å². The van der Waals surface area contributed by atoms with Crippen molar-refractivity contribution in [3.05, 3.63) is 225 Å². The van der Waals surface area contributed by atoms with E-state index in [9.17, 15) is 0 Å². The summed E-state index contributed by atoms with van der Waals surface area (Å²) in [5.41, 5.74) is 12.5. The summed E-state index contributed by atoms with van der Waals surface area (Å²) in [6.45, 7) is 0. The first kappa shape index (κ1) is 35.1. The van der Waals surface area contributed by atoms with E-state index in [0.717, 1.165) is 95.1 Å². The van der Waals surface area contributed by atoms with E-state index in [1.165, 1.54) is 10.8 Å². The molecule has 296 valence electrons. The van der Waals surface area contributed by atoms with Crippen LogP contribution in [0, 0.1) is 6.33 Å². The Hall–Kier alpha value is -8.68. The predicted octanol–water partition coefficient (Wildman–Crippen LogP) is 13.0. The SMILES string of the molecule is [c-]1n(-c2cccc(Oc3ccc4c5ccccc5n(-c5nc6ccccc6n5-c5ccccc5)c4c3)c2)c2ccccc2[n+]1-c1ccccc1-n1c2ccccc2c2ccccc21.